The van der Waals surface area contributed by atoms with Crippen LogP contribution in [-0.4, -0.2) is 91.9 Å². The van der Waals surface area contributed by atoms with Crippen molar-refractivity contribution in [2.24, 2.45) is 0 Å². The van der Waals surface area contributed by atoms with Crippen LogP contribution in [0, 0.1) is 0 Å². The van der Waals surface area contributed by atoms with Crippen molar-refractivity contribution in [3.05, 3.63) is 65.7 Å². The molecule has 1 fully saturated rings. The molecule has 4 rings (SSSR count). The summed E-state index contributed by atoms with van der Waals surface area (Å²) in [6.07, 6.45) is 1.75. The van der Waals surface area contributed by atoms with E-state index in [9.17, 15) is 19.2 Å². The second kappa shape index (κ2) is 14.5. The van der Waals surface area contributed by atoms with Crippen molar-refractivity contribution >= 4 is 23.6 Å². The minimum Gasteiger partial charge on any atom is -0.493 e. The first-order valence-electron chi connectivity index (χ1n) is 14.0. The number of amides is 4. The van der Waals surface area contributed by atoms with Gasteiger partial charge in [-0.15, -0.1) is 0 Å². The zero-order chi connectivity index (χ0) is 28.3. The van der Waals surface area contributed by atoms with Gasteiger partial charge in [-0.1, -0.05) is 42.5 Å². The van der Waals surface area contributed by atoms with Crippen LogP contribution in [0.2, 0.25) is 0 Å². The third-order valence-corrected chi connectivity index (χ3v) is 7.24. The van der Waals surface area contributed by atoms with Crippen molar-refractivity contribution in [2.45, 2.75) is 44.2 Å². The molecular formula is C30H39N5O5. The maximum absolute atomic E-state index is 13.6. The second-order valence-electron chi connectivity index (χ2n) is 10.3. The number of carbonyl (C=O) groups is 4. The van der Waals surface area contributed by atoms with Gasteiger partial charge in [0.2, 0.25) is 17.7 Å². The molecule has 1 unspecified atom stereocenters. The van der Waals surface area contributed by atoms with E-state index in [1.807, 2.05) is 37.4 Å². The van der Waals surface area contributed by atoms with Crippen LogP contribution < -0.4 is 20.7 Å². The summed E-state index contributed by atoms with van der Waals surface area (Å²) in [4.78, 5) is 57.1. The van der Waals surface area contributed by atoms with Gasteiger partial charge in [-0.05, 0) is 50.6 Å². The van der Waals surface area contributed by atoms with Crippen molar-refractivity contribution in [2.75, 3.05) is 46.4 Å². The third kappa shape index (κ3) is 8.29. The zero-order valence-corrected chi connectivity index (χ0v) is 23.1. The Bertz CT molecular complexity index is 1170. The number of para-hydroxylation sites is 1. The largest absolute Gasteiger partial charge is 0.493 e. The number of hydrogen-bond donors (Lipinski definition) is 3. The van der Waals surface area contributed by atoms with Gasteiger partial charge in [-0.2, -0.15) is 0 Å². The molecule has 2 aliphatic heterocycles. The quantitative estimate of drug-likeness (QED) is 0.532. The lowest BCUT2D eigenvalue weighted by atomic mass is 10.0. The Morgan fingerprint density at radius 2 is 1.70 bits per heavy atom. The van der Waals surface area contributed by atoms with Gasteiger partial charge in [0, 0.05) is 39.0 Å². The highest BCUT2D eigenvalue weighted by atomic mass is 16.5. The average Bonchev–Trinajstić information content (AvgIpc) is 3.18. The molecule has 0 bridgehead atoms. The van der Waals surface area contributed by atoms with Crippen LogP contribution in [0.4, 0.5) is 0 Å². The molecule has 4 amide bonds. The minimum absolute atomic E-state index is 0.0266. The Kier molecular flexibility index (Phi) is 10.5. The summed E-state index contributed by atoms with van der Waals surface area (Å²) < 4.78 is 5.89. The molecule has 0 radical (unpaired) electrons. The Labute approximate surface area is 235 Å². The fraction of sp³-hybridized carbons (Fsp3) is 0.467. The molecule has 10 nitrogen and oxygen atoms in total. The molecule has 2 aromatic carbocycles. The first-order chi connectivity index (χ1) is 19.4. The Hall–Kier alpha value is -3.92. The van der Waals surface area contributed by atoms with Gasteiger partial charge in [-0.3, -0.25) is 19.2 Å². The van der Waals surface area contributed by atoms with E-state index in [4.69, 9.17) is 4.74 Å². The van der Waals surface area contributed by atoms with E-state index in [1.54, 1.807) is 29.2 Å². The molecule has 10 heteroatoms. The van der Waals surface area contributed by atoms with Crippen LogP contribution in [0.1, 0.15) is 41.6 Å². The van der Waals surface area contributed by atoms with Gasteiger partial charge in [-0.25, -0.2) is 0 Å². The highest BCUT2D eigenvalue weighted by molar-refractivity contribution is 5.99. The predicted octanol–water partition coefficient (Wildman–Crippen LogP) is 1.36. The Balaban J connectivity index is 1.55. The van der Waals surface area contributed by atoms with E-state index < -0.39 is 18.0 Å². The predicted molar refractivity (Wildman–Crippen MR) is 151 cm³/mol. The van der Waals surface area contributed by atoms with E-state index in [-0.39, 0.29) is 37.2 Å². The van der Waals surface area contributed by atoms with Crippen molar-refractivity contribution in [1.82, 2.24) is 25.8 Å². The van der Waals surface area contributed by atoms with Gasteiger partial charge in [0.25, 0.3) is 5.91 Å². The van der Waals surface area contributed by atoms with Crippen LogP contribution in [0.5, 0.6) is 5.75 Å². The molecule has 2 atom stereocenters. The molecule has 0 aliphatic carbocycles. The standard InChI is InChI=1S/C30H39N5O5/c1-34-16-8-17-35(19-18-34)30(39)24-13-14-27(36)32-25(21-22-9-3-2-4-10-22)29(38)31-15-7-20-40-26-12-6-5-11-23(26)28(37)33-24/h2-6,9-12,24-25H,7-8,13-21H2,1H3,(H,31,38)(H,32,36)(H,33,37)/t24-,25?/m0/s1. The normalized spacial score (nSPS) is 22.1. The third-order valence-electron chi connectivity index (χ3n) is 7.24. The SMILES string of the molecule is CN1CCCN(C(=O)[C@@H]2CCC(=O)NC(Cc3ccccc3)C(=O)NCCCOc3ccccc3C(=O)N2)CC1. The first-order valence-corrected chi connectivity index (χ1v) is 14.0. The number of fused-ring (bicyclic) bond motifs is 1. The van der Waals surface area contributed by atoms with Crippen LogP contribution >= 0.6 is 0 Å². The molecule has 2 aromatic rings. The maximum Gasteiger partial charge on any atom is 0.255 e. The van der Waals surface area contributed by atoms with E-state index in [0.29, 0.717) is 43.8 Å². The van der Waals surface area contributed by atoms with Crippen molar-refractivity contribution < 1.29 is 23.9 Å². The molecule has 2 aliphatic rings. The summed E-state index contributed by atoms with van der Waals surface area (Å²) >= 11 is 0. The van der Waals surface area contributed by atoms with E-state index in [1.165, 1.54) is 0 Å². The molecule has 214 valence electrons. The van der Waals surface area contributed by atoms with Gasteiger partial charge in [0.15, 0.2) is 0 Å². The molecule has 3 N–H and O–H groups in total. The van der Waals surface area contributed by atoms with E-state index in [2.05, 4.69) is 20.9 Å². The van der Waals surface area contributed by atoms with Crippen LogP contribution in [0.3, 0.4) is 0 Å². The monoisotopic (exact) mass is 549 g/mol. The summed E-state index contributed by atoms with van der Waals surface area (Å²) in [6, 6.07) is 14.7. The lowest BCUT2D eigenvalue weighted by molar-refractivity contribution is -0.134. The molecular weight excluding hydrogens is 510 g/mol. The first kappa shape index (κ1) is 29.1. The van der Waals surface area contributed by atoms with Crippen molar-refractivity contribution in [3.63, 3.8) is 0 Å². The lowest BCUT2D eigenvalue weighted by Gasteiger charge is -2.27. The summed E-state index contributed by atoms with van der Waals surface area (Å²) in [7, 11) is 2.02. The highest BCUT2D eigenvalue weighted by Gasteiger charge is 2.30. The zero-order valence-electron chi connectivity index (χ0n) is 23.1. The number of ether oxygens (including phenoxy) is 1. The molecule has 0 saturated carbocycles. The Morgan fingerprint density at radius 3 is 2.52 bits per heavy atom. The fourth-order valence-corrected chi connectivity index (χ4v) is 4.95. The number of nitrogens with one attached hydrogen (secondary N) is 3. The number of carbonyl (C=O) groups excluding carboxylic acids is 4. The van der Waals surface area contributed by atoms with Crippen LogP contribution in [0.15, 0.2) is 54.6 Å². The smallest absolute Gasteiger partial charge is 0.255 e. The van der Waals surface area contributed by atoms with Crippen molar-refractivity contribution in [3.8, 4) is 5.75 Å². The second-order valence-corrected chi connectivity index (χ2v) is 10.3. The van der Waals surface area contributed by atoms with Crippen molar-refractivity contribution in [1.29, 1.82) is 0 Å². The van der Waals surface area contributed by atoms with Crippen LogP contribution in [0.25, 0.3) is 0 Å². The van der Waals surface area contributed by atoms with Gasteiger partial charge in [0.1, 0.15) is 17.8 Å². The molecule has 1 saturated heterocycles. The van der Waals surface area contributed by atoms with Gasteiger partial charge in [0.05, 0.1) is 12.2 Å². The topological polar surface area (TPSA) is 120 Å². The number of hydrogen-bond acceptors (Lipinski definition) is 6. The number of rotatable bonds is 3. The van der Waals surface area contributed by atoms with Crippen LogP contribution in [-0.2, 0) is 20.8 Å². The number of likely N-dealkylation sites (N-methyl/N-ethyl adjacent to an activating group) is 1. The molecule has 2 heterocycles. The fourth-order valence-electron chi connectivity index (χ4n) is 4.95. The molecule has 0 spiro atoms. The number of nitrogens with zero attached hydrogens (tertiary/aromatic N) is 2. The lowest BCUT2D eigenvalue weighted by Crippen LogP contribution is -2.51. The summed E-state index contributed by atoms with van der Waals surface area (Å²) in [5, 5.41) is 8.62. The van der Waals surface area contributed by atoms with Gasteiger partial charge >= 0.3 is 0 Å². The summed E-state index contributed by atoms with van der Waals surface area (Å²) in [5.41, 5.74) is 1.24. The summed E-state index contributed by atoms with van der Waals surface area (Å²) in [6.45, 7) is 3.40. The molecule has 0 aromatic heterocycles. The van der Waals surface area contributed by atoms with E-state index >= 15 is 0 Å². The Morgan fingerprint density at radius 1 is 0.925 bits per heavy atom. The summed E-state index contributed by atoms with van der Waals surface area (Å²) in [5.74, 6) is -0.868. The number of benzene rings is 2. The van der Waals surface area contributed by atoms with Gasteiger partial charge < -0.3 is 30.5 Å². The molecule has 40 heavy (non-hydrogen) atoms. The van der Waals surface area contributed by atoms with E-state index in [0.717, 1.165) is 25.1 Å². The average molecular weight is 550 g/mol. The minimum atomic E-state index is -0.899. The highest BCUT2D eigenvalue weighted by Crippen LogP contribution is 2.19. The maximum atomic E-state index is 13.6.